The molecule has 1 aromatic carbocycles. The van der Waals surface area contributed by atoms with Crippen molar-refractivity contribution < 1.29 is 14.3 Å². The summed E-state index contributed by atoms with van der Waals surface area (Å²) in [5.41, 5.74) is -0.0840. The summed E-state index contributed by atoms with van der Waals surface area (Å²) in [6, 6.07) is 1.41. The van der Waals surface area contributed by atoms with E-state index in [2.05, 4.69) is 20.9 Å². The zero-order valence-corrected chi connectivity index (χ0v) is 20.1. The zero-order valence-electron chi connectivity index (χ0n) is 17.7. The Morgan fingerprint density at radius 2 is 2.03 bits per heavy atom. The average Bonchev–Trinajstić information content (AvgIpc) is 2.64. The summed E-state index contributed by atoms with van der Waals surface area (Å²) in [6.45, 7) is 7.71. The number of hydrogen-bond donors (Lipinski definition) is 1. The van der Waals surface area contributed by atoms with E-state index in [0.717, 1.165) is 0 Å². The van der Waals surface area contributed by atoms with E-state index in [1.807, 2.05) is 44.7 Å². The van der Waals surface area contributed by atoms with Gasteiger partial charge in [0.15, 0.2) is 5.82 Å². The molecule has 0 spiro atoms. The fourth-order valence-corrected chi connectivity index (χ4v) is 4.24. The topological polar surface area (TPSA) is 72.8 Å². The highest BCUT2D eigenvalue weighted by Crippen LogP contribution is 2.37. The number of rotatable bonds is 3. The van der Waals surface area contributed by atoms with Crippen molar-refractivity contribution in [3.63, 3.8) is 0 Å². The maximum atomic E-state index is 15.0. The van der Waals surface area contributed by atoms with Crippen molar-refractivity contribution in [1.29, 1.82) is 0 Å². The lowest BCUT2D eigenvalue weighted by atomic mass is 9.84. The van der Waals surface area contributed by atoms with E-state index < -0.39 is 11.9 Å². The smallest absolute Gasteiger partial charge is 0.407 e. The molecule has 2 aromatic rings. The summed E-state index contributed by atoms with van der Waals surface area (Å²) in [5, 5.41) is 10.4. The summed E-state index contributed by atoms with van der Waals surface area (Å²) in [7, 11) is 3.78. The van der Waals surface area contributed by atoms with Gasteiger partial charge in [-0.3, -0.25) is 0 Å². The van der Waals surface area contributed by atoms with Crippen molar-refractivity contribution >= 4 is 50.3 Å². The fourth-order valence-electron chi connectivity index (χ4n) is 3.74. The average molecular weight is 503 g/mol. The van der Waals surface area contributed by atoms with Gasteiger partial charge in [-0.25, -0.2) is 19.2 Å². The summed E-state index contributed by atoms with van der Waals surface area (Å²) >= 11 is 9.43. The number of carbonyl (C=O) groups is 1. The molecule has 10 heteroatoms. The third-order valence-electron chi connectivity index (χ3n) is 5.24. The van der Waals surface area contributed by atoms with E-state index in [1.54, 1.807) is 6.07 Å². The minimum absolute atomic E-state index is 0.167. The third-order valence-corrected chi connectivity index (χ3v) is 6.54. The monoisotopic (exact) mass is 501 g/mol. The highest BCUT2D eigenvalue weighted by atomic mass is 79.9. The van der Waals surface area contributed by atoms with Crippen LogP contribution in [0.2, 0.25) is 5.02 Å². The Hall–Kier alpha value is -1.71. The van der Waals surface area contributed by atoms with Crippen LogP contribution < -0.4 is 4.90 Å². The predicted octanol–water partition coefficient (Wildman–Crippen LogP) is 4.46. The number of aromatic nitrogens is 2. The molecule has 30 heavy (non-hydrogen) atoms. The quantitative estimate of drug-likeness (QED) is 0.625. The van der Waals surface area contributed by atoms with Crippen molar-refractivity contribution in [2.75, 3.05) is 38.6 Å². The molecule has 1 fully saturated rings. The molecule has 0 saturated carbocycles. The number of carboxylic acid groups (broad SMARTS) is 1. The number of anilines is 1. The largest absolute Gasteiger partial charge is 0.465 e. The summed E-state index contributed by atoms with van der Waals surface area (Å²) in [5.74, 6) is 0.533. The van der Waals surface area contributed by atoms with Crippen LogP contribution in [0.15, 0.2) is 10.5 Å². The van der Waals surface area contributed by atoms with Crippen LogP contribution in [0.4, 0.5) is 15.0 Å². The molecule has 1 unspecified atom stereocenters. The second-order valence-corrected chi connectivity index (χ2v) is 10.1. The van der Waals surface area contributed by atoms with Gasteiger partial charge in [0.05, 0.1) is 22.1 Å². The van der Waals surface area contributed by atoms with Crippen LogP contribution in [-0.2, 0) is 6.54 Å². The standard InChI is InChI=1S/C20H26BrClFN5O2/c1-20(2,3)13-9-27(6-7-28(13)19(29)30)18-11-8-12(22)15(21)16(23)17(11)24-14(25-18)10-26(4)5/h8,13H,6-7,9-10H2,1-5H3,(H,29,30). The Bertz CT molecular complexity index is 982. The number of benzene rings is 1. The van der Waals surface area contributed by atoms with Crippen LogP contribution in [0.25, 0.3) is 10.9 Å². The minimum atomic E-state index is -0.937. The minimum Gasteiger partial charge on any atom is -0.465 e. The van der Waals surface area contributed by atoms with Gasteiger partial charge in [0.1, 0.15) is 17.2 Å². The highest BCUT2D eigenvalue weighted by Gasteiger charge is 2.39. The lowest BCUT2D eigenvalue weighted by Gasteiger charge is -2.46. The first kappa shape index (κ1) is 23.0. The number of hydrogen-bond acceptors (Lipinski definition) is 5. The summed E-state index contributed by atoms with van der Waals surface area (Å²) in [4.78, 5) is 26.3. The lowest BCUT2D eigenvalue weighted by molar-refractivity contribution is 0.0747. The van der Waals surface area contributed by atoms with E-state index >= 15 is 4.39 Å². The van der Waals surface area contributed by atoms with E-state index in [9.17, 15) is 9.90 Å². The van der Waals surface area contributed by atoms with Gasteiger partial charge in [-0.1, -0.05) is 32.4 Å². The molecule has 1 aliphatic rings. The van der Waals surface area contributed by atoms with Crippen LogP contribution in [0.1, 0.15) is 26.6 Å². The van der Waals surface area contributed by atoms with E-state index in [4.69, 9.17) is 16.6 Å². The molecule has 1 N–H and O–H groups in total. The van der Waals surface area contributed by atoms with Crippen LogP contribution in [0.3, 0.4) is 0 Å². The maximum absolute atomic E-state index is 15.0. The molecule has 1 atom stereocenters. The first-order chi connectivity index (χ1) is 13.9. The van der Waals surface area contributed by atoms with Gasteiger partial charge in [0.25, 0.3) is 0 Å². The van der Waals surface area contributed by atoms with E-state index in [-0.39, 0.29) is 26.5 Å². The summed E-state index contributed by atoms with van der Waals surface area (Å²) < 4.78 is 15.2. The molecule has 0 aliphatic carbocycles. The number of fused-ring (bicyclic) bond motifs is 1. The van der Waals surface area contributed by atoms with Gasteiger partial charge >= 0.3 is 6.09 Å². The first-order valence-electron chi connectivity index (χ1n) is 9.63. The Kier molecular flexibility index (Phi) is 6.46. The van der Waals surface area contributed by atoms with Gasteiger partial charge in [-0.05, 0) is 41.5 Å². The third kappa shape index (κ3) is 4.48. The molecule has 3 rings (SSSR count). The lowest BCUT2D eigenvalue weighted by Crippen LogP contribution is -2.59. The number of nitrogens with zero attached hydrogens (tertiary/aromatic N) is 5. The fraction of sp³-hybridized carbons (Fsp3) is 0.550. The van der Waals surface area contributed by atoms with Gasteiger partial charge in [-0.2, -0.15) is 0 Å². The van der Waals surface area contributed by atoms with Crippen LogP contribution in [-0.4, -0.2) is 70.7 Å². The number of amides is 1. The van der Waals surface area contributed by atoms with Gasteiger partial charge in [0.2, 0.25) is 0 Å². The molecule has 164 valence electrons. The Morgan fingerprint density at radius 1 is 1.37 bits per heavy atom. The Morgan fingerprint density at radius 3 is 2.60 bits per heavy atom. The molecule has 1 amide bonds. The van der Waals surface area contributed by atoms with Gasteiger partial charge < -0.3 is 19.8 Å². The SMILES string of the molecule is CN(C)Cc1nc(N2CCN(C(=O)O)C(C(C)(C)C)C2)c2cc(Cl)c(Br)c(F)c2n1. The highest BCUT2D eigenvalue weighted by molar-refractivity contribution is 9.10. The molecule has 2 heterocycles. The van der Waals surface area contributed by atoms with E-state index in [0.29, 0.717) is 43.2 Å². The molecular weight excluding hydrogens is 477 g/mol. The van der Waals surface area contributed by atoms with Crippen molar-refractivity contribution in [1.82, 2.24) is 19.8 Å². The number of halogens is 3. The number of piperazine rings is 1. The van der Waals surface area contributed by atoms with Crippen LogP contribution >= 0.6 is 27.5 Å². The van der Waals surface area contributed by atoms with Crippen LogP contribution in [0.5, 0.6) is 0 Å². The van der Waals surface area contributed by atoms with Crippen molar-refractivity contribution in [2.24, 2.45) is 5.41 Å². The second kappa shape index (κ2) is 8.43. The first-order valence-corrected chi connectivity index (χ1v) is 10.8. The maximum Gasteiger partial charge on any atom is 0.407 e. The molecular formula is C20H26BrClFN5O2. The normalized spacial score (nSPS) is 17.8. The van der Waals surface area contributed by atoms with Crippen molar-refractivity contribution in [3.05, 3.63) is 27.2 Å². The second-order valence-electron chi connectivity index (χ2n) is 8.89. The van der Waals surface area contributed by atoms with Crippen LogP contribution in [0, 0.1) is 11.2 Å². The summed E-state index contributed by atoms with van der Waals surface area (Å²) in [6.07, 6.45) is -0.937. The molecule has 7 nitrogen and oxygen atoms in total. The van der Waals surface area contributed by atoms with Crippen molar-refractivity contribution in [3.8, 4) is 0 Å². The molecule has 0 radical (unpaired) electrons. The van der Waals surface area contributed by atoms with Gasteiger partial charge in [-0.15, -0.1) is 0 Å². The molecule has 1 saturated heterocycles. The molecule has 0 bridgehead atoms. The van der Waals surface area contributed by atoms with Gasteiger partial charge in [0, 0.05) is 25.0 Å². The zero-order chi connectivity index (χ0) is 22.4. The van der Waals surface area contributed by atoms with E-state index in [1.165, 1.54) is 4.90 Å². The van der Waals surface area contributed by atoms with Crippen molar-refractivity contribution in [2.45, 2.75) is 33.4 Å². The Labute approximate surface area is 188 Å². The molecule has 1 aliphatic heterocycles. The molecule has 1 aromatic heterocycles. The predicted molar refractivity (Wildman–Crippen MR) is 120 cm³/mol. The Balaban J connectivity index is 2.15.